The number of halogens is 1. The molecule has 1 amide bonds. The fourth-order valence-electron chi connectivity index (χ4n) is 2.66. The van der Waals surface area contributed by atoms with Crippen molar-refractivity contribution in [1.82, 2.24) is 29.9 Å². The molecule has 0 aliphatic carbocycles. The molecule has 0 radical (unpaired) electrons. The molecule has 25 heavy (non-hydrogen) atoms. The summed E-state index contributed by atoms with van der Waals surface area (Å²) in [5.41, 5.74) is 3.29. The number of amides is 1. The lowest BCUT2D eigenvalue weighted by molar-refractivity contribution is 0.0933. The number of aryl methyl sites for hydroxylation is 1. The van der Waals surface area contributed by atoms with Gasteiger partial charge in [0, 0.05) is 12.4 Å². The van der Waals surface area contributed by atoms with E-state index in [2.05, 4.69) is 25.4 Å². The average Bonchev–Trinajstić information content (AvgIpc) is 3.16. The van der Waals surface area contributed by atoms with Gasteiger partial charge in [0.2, 0.25) is 0 Å². The van der Waals surface area contributed by atoms with Gasteiger partial charge in [-0.1, -0.05) is 23.7 Å². The maximum Gasteiger partial charge on any atom is 0.274 e. The number of imidazole rings is 1. The second-order valence-electron chi connectivity index (χ2n) is 5.90. The first-order valence-electron chi connectivity index (χ1n) is 7.79. The molecule has 1 atom stereocenters. The molecule has 3 heterocycles. The number of aromatic nitrogens is 5. The van der Waals surface area contributed by atoms with E-state index < -0.39 is 0 Å². The fraction of sp³-hybridized carbons (Fsp3) is 0.176. The molecule has 3 aromatic heterocycles. The van der Waals surface area contributed by atoms with Crippen molar-refractivity contribution in [2.24, 2.45) is 0 Å². The van der Waals surface area contributed by atoms with Crippen LogP contribution in [0.2, 0.25) is 5.02 Å². The van der Waals surface area contributed by atoms with Crippen molar-refractivity contribution in [2.45, 2.75) is 19.9 Å². The summed E-state index contributed by atoms with van der Waals surface area (Å²) >= 11 is 6.27. The van der Waals surface area contributed by atoms with Crippen molar-refractivity contribution in [2.75, 3.05) is 0 Å². The van der Waals surface area contributed by atoms with Gasteiger partial charge in [0.1, 0.15) is 10.8 Å². The van der Waals surface area contributed by atoms with Crippen LogP contribution in [0.1, 0.15) is 34.8 Å². The standard InChI is InChI=1S/C17H15ClN6O/c1-9-7-19-16-13(18)14(23-24(16)8-9)17(25)20-10(2)15-21-11-5-3-4-6-12(11)22-15/h3-8,10H,1-2H3,(H,20,25)(H,21,22)/t10-/m1/s1. The molecule has 2 N–H and O–H groups in total. The van der Waals surface area contributed by atoms with Crippen LogP contribution in [-0.4, -0.2) is 30.5 Å². The zero-order valence-corrected chi connectivity index (χ0v) is 14.4. The summed E-state index contributed by atoms with van der Waals surface area (Å²) in [5.74, 6) is 0.296. The Balaban J connectivity index is 1.62. The molecule has 1 aromatic carbocycles. The van der Waals surface area contributed by atoms with Gasteiger partial charge >= 0.3 is 0 Å². The van der Waals surface area contributed by atoms with Crippen LogP contribution in [-0.2, 0) is 0 Å². The Morgan fingerprint density at radius 2 is 2.16 bits per heavy atom. The minimum atomic E-state index is -0.374. The van der Waals surface area contributed by atoms with Gasteiger partial charge in [0.15, 0.2) is 11.3 Å². The molecule has 0 aliphatic rings. The van der Waals surface area contributed by atoms with Crippen molar-refractivity contribution in [3.63, 3.8) is 0 Å². The lowest BCUT2D eigenvalue weighted by Crippen LogP contribution is -2.28. The number of fused-ring (bicyclic) bond motifs is 2. The number of carbonyl (C=O) groups is 1. The van der Waals surface area contributed by atoms with Crippen molar-refractivity contribution in [1.29, 1.82) is 0 Å². The molecule has 4 rings (SSSR count). The quantitative estimate of drug-likeness (QED) is 0.592. The predicted octanol–water partition coefficient (Wildman–Crippen LogP) is 3.06. The molecule has 0 saturated heterocycles. The summed E-state index contributed by atoms with van der Waals surface area (Å²) in [6.07, 6.45) is 3.45. The maximum atomic E-state index is 12.6. The van der Waals surface area contributed by atoms with E-state index in [-0.39, 0.29) is 22.7 Å². The Kier molecular flexibility index (Phi) is 3.65. The summed E-state index contributed by atoms with van der Waals surface area (Å²) in [6, 6.07) is 7.38. The molecule has 4 aromatic rings. The van der Waals surface area contributed by atoms with E-state index in [0.717, 1.165) is 16.6 Å². The van der Waals surface area contributed by atoms with E-state index in [1.807, 2.05) is 38.1 Å². The summed E-state index contributed by atoms with van der Waals surface area (Å²) in [6.45, 7) is 3.74. The molecular weight excluding hydrogens is 340 g/mol. The average molecular weight is 355 g/mol. The number of para-hydroxylation sites is 2. The van der Waals surface area contributed by atoms with Crippen LogP contribution < -0.4 is 5.32 Å². The molecule has 7 nitrogen and oxygen atoms in total. The number of hydrogen-bond acceptors (Lipinski definition) is 4. The normalized spacial score (nSPS) is 12.6. The monoisotopic (exact) mass is 354 g/mol. The van der Waals surface area contributed by atoms with E-state index in [1.54, 1.807) is 12.4 Å². The third kappa shape index (κ3) is 2.72. The number of nitrogens with one attached hydrogen (secondary N) is 2. The highest BCUT2D eigenvalue weighted by atomic mass is 35.5. The molecule has 0 unspecified atom stereocenters. The first-order valence-corrected chi connectivity index (χ1v) is 8.16. The molecule has 0 fully saturated rings. The molecule has 0 saturated carbocycles. The first kappa shape index (κ1) is 15.6. The number of hydrogen-bond donors (Lipinski definition) is 2. The second kappa shape index (κ2) is 5.86. The summed E-state index contributed by atoms with van der Waals surface area (Å²) < 4.78 is 1.51. The van der Waals surface area contributed by atoms with Crippen LogP contribution in [0.15, 0.2) is 36.7 Å². The Labute approximate surface area is 148 Å². The third-order valence-electron chi connectivity index (χ3n) is 3.93. The Morgan fingerprint density at radius 1 is 1.36 bits per heavy atom. The van der Waals surface area contributed by atoms with Gasteiger partial charge in [-0.3, -0.25) is 4.79 Å². The van der Waals surface area contributed by atoms with E-state index >= 15 is 0 Å². The van der Waals surface area contributed by atoms with Gasteiger partial charge in [-0.2, -0.15) is 5.10 Å². The van der Waals surface area contributed by atoms with E-state index in [1.165, 1.54) is 4.52 Å². The van der Waals surface area contributed by atoms with Gasteiger partial charge in [0.05, 0.1) is 17.1 Å². The van der Waals surface area contributed by atoms with Crippen LogP contribution in [0, 0.1) is 6.92 Å². The molecular formula is C17H15ClN6O. The van der Waals surface area contributed by atoms with Gasteiger partial charge in [0.25, 0.3) is 5.91 Å². The smallest absolute Gasteiger partial charge is 0.274 e. The lowest BCUT2D eigenvalue weighted by Gasteiger charge is -2.10. The zero-order valence-electron chi connectivity index (χ0n) is 13.6. The Hall–Kier alpha value is -2.93. The molecule has 0 bridgehead atoms. The summed E-state index contributed by atoms with van der Waals surface area (Å²) in [7, 11) is 0. The highest BCUT2D eigenvalue weighted by Gasteiger charge is 2.22. The van der Waals surface area contributed by atoms with Gasteiger partial charge in [-0.25, -0.2) is 14.5 Å². The largest absolute Gasteiger partial charge is 0.341 e. The molecule has 0 spiro atoms. The minimum absolute atomic E-state index is 0.141. The number of aromatic amines is 1. The van der Waals surface area contributed by atoms with Crippen molar-refractivity contribution in [3.8, 4) is 0 Å². The van der Waals surface area contributed by atoms with E-state index in [4.69, 9.17) is 11.6 Å². The summed E-state index contributed by atoms with van der Waals surface area (Å²) in [5, 5.41) is 7.34. The van der Waals surface area contributed by atoms with Gasteiger partial charge < -0.3 is 10.3 Å². The highest BCUT2D eigenvalue weighted by Crippen LogP contribution is 2.22. The number of carbonyl (C=O) groups excluding carboxylic acids is 1. The first-order chi connectivity index (χ1) is 12.0. The van der Waals surface area contributed by atoms with Crippen molar-refractivity contribution in [3.05, 3.63) is 58.8 Å². The minimum Gasteiger partial charge on any atom is -0.341 e. The highest BCUT2D eigenvalue weighted by molar-refractivity contribution is 6.36. The molecule has 126 valence electrons. The third-order valence-corrected chi connectivity index (χ3v) is 4.27. The lowest BCUT2D eigenvalue weighted by atomic mass is 10.3. The van der Waals surface area contributed by atoms with Crippen LogP contribution in [0.25, 0.3) is 16.7 Å². The number of nitrogens with zero attached hydrogens (tertiary/aromatic N) is 4. The van der Waals surface area contributed by atoms with E-state index in [9.17, 15) is 4.79 Å². The fourth-order valence-corrected chi connectivity index (χ4v) is 2.92. The Bertz CT molecular complexity index is 1070. The zero-order chi connectivity index (χ0) is 17.6. The SMILES string of the molecule is Cc1cnc2c(Cl)c(C(=O)N[C@H](C)c3nc4ccccc4[nH]3)nn2c1. The Morgan fingerprint density at radius 3 is 2.96 bits per heavy atom. The topological polar surface area (TPSA) is 88.0 Å². The van der Waals surface area contributed by atoms with Crippen molar-refractivity contribution < 1.29 is 4.79 Å². The van der Waals surface area contributed by atoms with Gasteiger partial charge in [-0.15, -0.1) is 0 Å². The predicted molar refractivity (Wildman–Crippen MR) is 94.7 cm³/mol. The van der Waals surface area contributed by atoms with Crippen LogP contribution >= 0.6 is 11.6 Å². The van der Waals surface area contributed by atoms with Crippen molar-refractivity contribution >= 4 is 34.2 Å². The van der Waals surface area contributed by atoms with Crippen LogP contribution in [0.3, 0.4) is 0 Å². The molecule has 8 heteroatoms. The van der Waals surface area contributed by atoms with Crippen LogP contribution in [0.5, 0.6) is 0 Å². The summed E-state index contributed by atoms with van der Waals surface area (Å²) in [4.78, 5) is 24.5. The van der Waals surface area contributed by atoms with E-state index in [0.29, 0.717) is 11.5 Å². The van der Waals surface area contributed by atoms with Crippen LogP contribution in [0.4, 0.5) is 0 Å². The maximum absolute atomic E-state index is 12.6. The number of rotatable bonds is 3. The molecule has 0 aliphatic heterocycles. The van der Waals surface area contributed by atoms with Gasteiger partial charge in [-0.05, 0) is 31.5 Å². The number of H-pyrrole nitrogens is 1. The number of benzene rings is 1. The second-order valence-corrected chi connectivity index (χ2v) is 6.27.